The summed E-state index contributed by atoms with van der Waals surface area (Å²) in [6.45, 7) is 0.498. The van der Waals surface area contributed by atoms with Crippen LogP contribution in [0.5, 0.6) is 5.75 Å². The fraction of sp³-hybridized carbons (Fsp3) is 0.0400. The van der Waals surface area contributed by atoms with E-state index < -0.39 is 5.97 Å². The molecule has 5 heteroatoms. The minimum absolute atomic E-state index is 0.128. The zero-order chi connectivity index (χ0) is 20.8. The number of carboxylic acids is 1. The van der Waals surface area contributed by atoms with Crippen LogP contribution in [-0.4, -0.2) is 12.2 Å². The maximum Gasteiger partial charge on any atom is 0.119 e. The van der Waals surface area contributed by atoms with Crippen LogP contribution < -0.4 is 15.3 Å². The van der Waals surface area contributed by atoms with Crippen molar-refractivity contribution >= 4 is 28.6 Å². The van der Waals surface area contributed by atoms with Gasteiger partial charge in [-0.15, -0.1) is 0 Å². The smallest absolute Gasteiger partial charge is 0.119 e. The van der Waals surface area contributed by atoms with Gasteiger partial charge in [0.25, 0.3) is 0 Å². The summed E-state index contributed by atoms with van der Waals surface area (Å²) < 4.78 is 5.95. The Morgan fingerprint density at radius 2 is 1.63 bits per heavy atom. The molecule has 4 aromatic rings. The van der Waals surface area contributed by atoms with Crippen molar-refractivity contribution in [1.82, 2.24) is 0 Å². The van der Waals surface area contributed by atoms with Gasteiger partial charge in [0.1, 0.15) is 12.4 Å². The van der Waals surface area contributed by atoms with Crippen molar-refractivity contribution in [3.05, 3.63) is 108 Å². The molecule has 0 aliphatic carbocycles. The minimum atomic E-state index is -1.20. The molecule has 0 saturated heterocycles. The number of nitrogens with one attached hydrogen (secondary N) is 1. The number of carbonyl (C=O) groups is 1. The van der Waals surface area contributed by atoms with Crippen molar-refractivity contribution in [3.63, 3.8) is 0 Å². The topological polar surface area (TPSA) is 73.8 Å². The minimum Gasteiger partial charge on any atom is -0.545 e. The second-order valence-electron chi connectivity index (χ2n) is 6.73. The molecule has 0 fully saturated rings. The first kappa shape index (κ1) is 19.2. The van der Waals surface area contributed by atoms with Gasteiger partial charge in [-0.05, 0) is 63.9 Å². The molecule has 0 spiro atoms. The molecule has 0 aromatic heterocycles. The van der Waals surface area contributed by atoms with Crippen LogP contribution in [0.15, 0.2) is 96.1 Å². The first-order valence-electron chi connectivity index (χ1n) is 9.49. The summed E-state index contributed by atoms with van der Waals surface area (Å²) >= 11 is 0. The van der Waals surface area contributed by atoms with Crippen molar-refractivity contribution in [3.8, 4) is 5.75 Å². The van der Waals surface area contributed by atoms with E-state index in [1.807, 2.05) is 42.5 Å². The molecule has 4 aromatic carbocycles. The van der Waals surface area contributed by atoms with E-state index in [-0.39, 0.29) is 5.56 Å². The van der Waals surface area contributed by atoms with Gasteiger partial charge in [-0.3, -0.25) is 5.43 Å². The molecule has 0 aliphatic rings. The lowest BCUT2D eigenvalue weighted by Gasteiger charge is -2.09. The highest BCUT2D eigenvalue weighted by Crippen LogP contribution is 2.21. The Hall–Kier alpha value is -4.12. The SMILES string of the molecule is O=C([O-])c1ccc(N/N=C\c2ccc(OCc3cccc4ccccc34)cc2)cc1. The second-order valence-corrected chi connectivity index (χ2v) is 6.73. The lowest BCUT2D eigenvalue weighted by molar-refractivity contribution is -0.255. The van der Waals surface area contributed by atoms with Gasteiger partial charge in [0.2, 0.25) is 0 Å². The second kappa shape index (κ2) is 8.92. The molecule has 0 atom stereocenters. The number of hydrogen-bond donors (Lipinski definition) is 1. The molecule has 0 heterocycles. The van der Waals surface area contributed by atoms with Crippen molar-refractivity contribution in [2.24, 2.45) is 5.10 Å². The number of carbonyl (C=O) groups excluding carboxylic acids is 1. The van der Waals surface area contributed by atoms with E-state index in [0.717, 1.165) is 16.9 Å². The van der Waals surface area contributed by atoms with E-state index in [0.29, 0.717) is 12.3 Å². The first-order valence-corrected chi connectivity index (χ1v) is 9.49. The Kier molecular flexibility index (Phi) is 5.71. The number of anilines is 1. The van der Waals surface area contributed by atoms with E-state index in [1.165, 1.54) is 22.9 Å². The molecule has 0 unspecified atom stereocenters. The molecule has 0 amide bonds. The largest absolute Gasteiger partial charge is 0.545 e. The number of hydrogen-bond acceptors (Lipinski definition) is 5. The molecule has 0 radical (unpaired) electrons. The van der Waals surface area contributed by atoms with Crippen LogP contribution in [0.2, 0.25) is 0 Å². The monoisotopic (exact) mass is 395 g/mol. The molecule has 1 N–H and O–H groups in total. The van der Waals surface area contributed by atoms with Crippen LogP contribution in [0, 0.1) is 0 Å². The average molecular weight is 395 g/mol. The predicted octanol–water partition coefficient (Wildman–Crippen LogP) is 4.23. The lowest BCUT2D eigenvalue weighted by Crippen LogP contribution is -2.21. The van der Waals surface area contributed by atoms with Gasteiger partial charge in [-0.25, -0.2) is 0 Å². The number of aromatic carboxylic acids is 1. The maximum absolute atomic E-state index is 10.8. The van der Waals surface area contributed by atoms with Crippen LogP contribution in [0.1, 0.15) is 21.5 Å². The van der Waals surface area contributed by atoms with Gasteiger partial charge in [-0.1, -0.05) is 54.6 Å². The van der Waals surface area contributed by atoms with Crippen molar-refractivity contribution in [2.75, 3.05) is 5.43 Å². The number of rotatable bonds is 7. The third kappa shape index (κ3) is 4.64. The van der Waals surface area contributed by atoms with Crippen molar-refractivity contribution < 1.29 is 14.6 Å². The van der Waals surface area contributed by atoms with Crippen LogP contribution in [-0.2, 0) is 6.61 Å². The molecule has 5 nitrogen and oxygen atoms in total. The van der Waals surface area contributed by atoms with Gasteiger partial charge in [0, 0.05) is 0 Å². The Balaban J connectivity index is 1.34. The van der Waals surface area contributed by atoms with Crippen LogP contribution in [0.25, 0.3) is 10.8 Å². The van der Waals surface area contributed by atoms with Gasteiger partial charge >= 0.3 is 0 Å². The standard InChI is InChI=1S/C25H20N2O3/c28-25(29)20-10-12-22(13-11-20)27-26-16-18-8-14-23(15-9-18)30-17-21-6-3-5-19-4-1-2-7-24(19)21/h1-16,27H,17H2,(H,28,29)/p-1/b26-16-. The zero-order valence-electron chi connectivity index (χ0n) is 16.1. The number of hydrazone groups is 1. The van der Waals surface area contributed by atoms with Gasteiger partial charge < -0.3 is 14.6 Å². The quantitative estimate of drug-likeness (QED) is 0.375. The molecule has 30 heavy (non-hydrogen) atoms. The Morgan fingerprint density at radius 3 is 2.40 bits per heavy atom. The number of carboxylic acid groups (broad SMARTS) is 1. The number of fused-ring (bicyclic) bond motifs is 1. The van der Waals surface area contributed by atoms with Gasteiger partial charge in [0.15, 0.2) is 0 Å². The lowest BCUT2D eigenvalue weighted by atomic mass is 10.1. The molecule has 0 aliphatic heterocycles. The predicted molar refractivity (Wildman–Crippen MR) is 117 cm³/mol. The summed E-state index contributed by atoms with van der Waals surface area (Å²) in [5, 5.41) is 17.3. The Labute approximate surface area is 174 Å². The molecule has 0 saturated carbocycles. The van der Waals surface area contributed by atoms with E-state index in [9.17, 15) is 9.90 Å². The normalized spacial score (nSPS) is 10.9. The third-order valence-electron chi connectivity index (χ3n) is 4.68. The molecule has 0 bridgehead atoms. The zero-order valence-corrected chi connectivity index (χ0v) is 16.1. The third-order valence-corrected chi connectivity index (χ3v) is 4.68. The summed E-state index contributed by atoms with van der Waals surface area (Å²) in [4.78, 5) is 10.8. The molecule has 148 valence electrons. The van der Waals surface area contributed by atoms with E-state index >= 15 is 0 Å². The van der Waals surface area contributed by atoms with E-state index in [2.05, 4.69) is 34.8 Å². The molecular formula is C25H19N2O3-. The number of nitrogens with zero attached hydrogens (tertiary/aromatic N) is 1. The number of benzene rings is 4. The first-order chi connectivity index (χ1) is 14.7. The van der Waals surface area contributed by atoms with Gasteiger partial charge in [-0.2, -0.15) is 5.10 Å². The van der Waals surface area contributed by atoms with Crippen LogP contribution >= 0.6 is 0 Å². The van der Waals surface area contributed by atoms with Crippen LogP contribution in [0.3, 0.4) is 0 Å². The highest BCUT2D eigenvalue weighted by Gasteiger charge is 2.02. The molecular weight excluding hydrogens is 376 g/mol. The van der Waals surface area contributed by atoms with E-state index in [4.69, 9.17) is 4.74 Å². The highest BCUT2D eigenvalue weighted by atomic mass is 16.5. The Bertz CT molecular complexity index is 1180. The summed E-state index contributed by atoms with van der Waals surface area (Å²) in [7, 11) is 0. The van der Waals surface area contributed by atoms with E-state index in [1.54, 1.807) is 18.3 Å². The summed E-state index contributed by atoms with van der Waals surface area (Å²) in [5.74, 6) is -0.418. The molecule has 4 rings (SSSR count). The Morgan fingerprint density at radius 1 is 0.900 bits per heavy atom. The van der Waals surface area contributed by atoms with Gasteiger partial charge in [0.05, 0.1) is 17.9 Å². The summed E-state index contributed by atoms with van der Waals surface area (Å²) in [6.07, 6.45) is 1.68. The van der Waals surface area contributed by atoms with Crippen molar-refractivity contribution in [1.29, 1.82) is 0 Å². The fourth-order valence-electron chi connectivity index (χ4n) is 3.09. The maximum atomic E-state index is 10.8. The summed E-state index contributed by atoms with van der Waals surface area (Å²) in [6, 6.07) is 28.3. The summed E-state index contributed by atoms with van der Waals surface area (Å²) in [5.41, 5.74) is 5.73. The van der Waals surface area contributed by atoms with Crippen LogP contribution in [0.4, 0.5) is 5.69 Å². The fourth-order valence-corrected chi connectivity index (χ4v) is 3.09. The highest BCUT2D eigenvalue weighted by molar-refractivity contribution is 5.86. The number of ether oxygens (including phenoxy) is 1. The average Bonchev–Trinajstić information content (AvgIpc) is 2.79. The van der Waals surface area contributed by atoms with Crippen molar-refractivity contribution in [2.45, 2.75) is 6.61 Å².